The van der Waals surface area contributed by atoms with Crippen molar-refractivity contribution in [2.75, 3.05) is 11.4 Å². The van der Waals surface area contributed by atoms with E-state index in [1.165, 1.54) is 47.0 Å². The average molecular weight is 498 g/mol. The Morgan fingerprint density at radius 2 is 1.82 bits per heavy atom. The number of anilines is 1. The van der Waals surface area contributed by atoms with Crippen LogP contribution in [-0.4, -0.2) is 25.9 Å². The number of nitrogens with zero attached hydrogens (tertiary/aromatic N) is 3. The molecule has 168 valence electrons. The highest BCUT2D eigenvalue weighted by atomic mass is 35.5. The molecule has 1 amide bonds. The van der Waals surface area contributed by atoms with Gasteiger partial charge >= 0.3 is 0 Å². The Morgan fingerprint density at radius 1 is 1.12 bits per heavy atom. The van der Waals surface area contributed by atoms with Crippen LogP contribution in [0.3, 0.4) is 0 Å². The zero-order chi connectivity index (χ0) is 23.6. The Balaban J connectivity index is 1.66. The monoisotopic (exact) mass is 497 g/mol. The summed E-state index contributed by atoms with van der Waals surface area (Å²) in [6.07, 6.45) is 1.73. The van der Waals surface area contributed by atoms with Crippen molar-refractivity contribution >= 4 is 54.8 Å². The maximum absolute atomic E-state index is 12.9. The second kappa shape index (κ2) is 9.35. The first kappa shape index (κ1) is 23.0. The molecule has 0 bridgehead atoms. The summed E-state index contributed by atoms with van der Waals surface area (Å²) in [6.45, 7) is 4.26. The maximum Gasteiger partial charge on any atom is 0.279 e. The Morgan fingerprint density at radius 3 is 2.48 bits per heavy atom. The Bertz CT molecular complexity index is 1510. The summed E-state index contributed by atoms with van der Waals surface area (Å²) in [5, 5.41) is 0.602. The van der Waals surface area contributed by atoms with Gasteiger partial charge in [-0.15, -0.1) is 6.58 Å². The highest BCUT2D eigenvalue weighted by molar-refractivity contribution is 7.92. The molecule has 6 nitrogen and oxygen atoms in total. The van der Waals surface area contributed by atoms with Crippen molar-refractivity contribution in [3.8, 4) is 0 Å². The number of allylic oxidation sites excluding steroid dienone is 1. The van der Waals surface area contributed by atoms with Crippen molar-refractivity contribution < 1.29 is 13.2 Å². The summed E-state index contributed by atoms with van der Waals surface area (Å²) in [5.41, 5.74) is 1.74. The number of hydrogen-bond donors (Lipinski definition) is 0. The molecule has 0 N–H and O–H groups in total. The molecule has 1 aromatic heterocycles. The number of rotatable bonds is 6. The van der Waals surface area contributed by atoms with Gasteiger partial charge in [-0.1, -0.05) is 47.2 Å². The third-order valence-corrected chi connectivity index (χ3v) is 8.11. The third-order valence-electron chi connectivity index (χ3n) is 5.03. The van der Waals surface area contributed by atoms with Crippen LogP contribution in [0.15, 0.2) is 95.3 Å². The van der Waals surface area contributed by atoms with Crippen LogP contribution in [0.1, 0.15) is 10.4 Å². The number of carbonyl (C=O) groups is 1. The highest BCUT2D eigenvalue weighted by Gasteiger charge is 2.21. The maximum atomic E-state index is 12.9. The molecular weight excluding hydrogens is 478 g/mol. The van der Waals surface area contributed by atoms with Crippen molar-refractivity contribution in [2.45, 2.75) is 11.4 Å². The second-order valence-corrected chi connectivity index (χ2v) is 10.6. The normalized spacial score (nSPS) is 12.1. The van der Waals surface area contributed by atoms with Gasteiger partial charge in [-0.3, -0.25) is 9.10 Å². The van der Waals surface area contributed by atoms with E-state index >= 15 is 0 Å². The van der Waals surface area contributed by atoms with E-state index in [2.05, 4.69) is 11.6 Å². The largest absolute Gasteiger partial charge is 0.312 e. The van der Waals surface area contributed by atoms with E-state index in [1.54, 1.807) is 36.4 Å². The van der Waals surface area contributed by atoms with Crippen LogP contribution < -0.4 is 9.11 Å². The van der Waals surface area contributed by atoms with Gasteiger partial charge < -0.3 is 4.57 Å². The number of amides is 1. The van der Waals surface area contributed by atoms with Gasteiger partial charge in [-0.25, -0.2) is 8.42 Å². The van der Waals surface area contributed by atoms with Gasteiger partial charge in [-0.2, -0.15) is 4.99 Å². The van der Waals surface area contributed by atoms with Crippen LogP contribution in [0.2, 0.25) is 5.02 Å². The average Bonchev–Trinajstić information content (AvgIpc) is 3.15. The van der Waals surface area contributed by atoms with Crippen LogP contribution in [0.4, 0.5) is 5.69 Å². The van der Waals surface area contributed by atoms with Gasteiger partial charge in [0, 0.05) is 24.2 Å². The molecule has 1 heterocycles. The predicted molar refractivity (Wildman–Crippen MR) is 133 cm³/mol. The van der Waals surface area contributed by atoms with E-state index in [4.69, 9.17) is 11.6 Å². The lowest BCUT2D eigenvalue weighted by molar-refractivity contribution is 0.0998. The van der Waals surface area contributed by atoms with Crippen LogP contribution in [-0.2, 0) is 16.6 Å². The molecular formula is C24H20ClN3O3S2. The summed E-state index contributed by atoms with van der Waals surface area (Å²) in [7, 11) is -2.27. The standard InChI is InChI=1S/C24H20ClN3O3S2/c1-3-15-28-21-14-11-18(25)16-22(21)32-24(28)26-23(29)17-9-12-20(13-10-17)33(30,31)27(2)19-7-5-4-6-8-19/h3-14,16H,1,15H2,2H3. The Kier molecular flexibility index (Phi) is 6.51. The highest BCUT2D eigenvalue weighted by Crippen LogP contribution is 2.23. The number of fused-ring (bicyclic) bond motifs is 1. The number of benzene rings is 3. The zero-order valence-corrected chi connectivity index (χ0v) is 20.1. The number of para-hydroxylation sites is 1. The fourth-order valence-corrected chi connectivity index (χ4v) is 5.80. The molecule has 0 aliphatic carbocycles. The summed E-state index contributed by atoms with van der Waals surface area (Å²) in [4.78, 5) is 17.7. The minimum absolute atomic E-state index is 0.0867. The number of hydrogen-bond acceptors (Lipinski definition) is 4. The van der Waals surface area contributed by atoms with Crippen molar-refractivity contribution in [3.05, 3.63) is 101 Å². The molecule has 0 aliphatic heterocycles. The molecule has 0 unspecified atom stereocenters. The van der Waals surface area contributed by atoms with E-state index in [0.29, 0.717) is 22.1 Å². The van der Waals surface area contributed by atoms with Crippen molar-refractivity contribution in [3.63, 3.8) is 0 Å². The summed E-state index contributed by atoms with van der Waals surface area (Å²) in [6, 6.07) is 20.1. The number of thiazole rings is 1. The number of sulfonamides is 1. The van der Waals surface area contributed by atoms with E-state index in [0.717, 1.165) is 10.2 Å². The molecule has 0 atom stereocenters. The second-order valence-electron chi connectivity index (χ2n) is 7.15. The Hall–Kier alpha value is -3.20. The molecule has 0 spiro atoms. The third kappa shape index (κ3) is 4.64. The minimum Gasteiger partial charge on any atom is -0.312 e. The molecule has 0 aliphatic rings. The van der Waals surface area contributed by atoms with Gasteiger partial charge in [0.15, 0.2) is 4.80 Å². The summed E-state index contributed by atoms with van der Waals surface area (Å²) >= 11 is 7.45. The van der Waals surface area contributed by atoms with Gasteiger partial charge in [0.1, 0.15) is 0 Å². The molecule has 0 saturated carbocycles. The molecule has 0 fully saturated rings. The van der Waals surface area contributed by atoms with Gasteiger partial charge in [0.05, 0.1) is 20.8 Å². The topological polar surface area (TPSA) is 71.7 Å². The molecule has 3 aromatic carbocycles. The number of carbonyl (C=O) groups excluding carboxylic acids is 1. The predicted octanol–water partition coefficient (Wildman–Crippen LogP) is 5.11. The van der Waals surface area contributed by atoms with E-state index in [1.807, 2.05) is 22.8 Å². The van der Waals surface area contributed by atoms with E-state index in [9.17, 15) is 13.2 Å². The SMILES string of the molecule is C=CCn1c(=NC(=O)c2ccc(S(=O)(=O)N(C)c3ccccc3)cc2)sc2cc(Cl)ccc21. The molecule has 4 aromatic rings. The quantitative estimate of drug-likeness (QED) is 0.347. The fraction of sp³-hybridized carbons (Fsp3) is 0.0833. The van der Waals surface area contributed by atoms with Crippen LogP contribution in [0, 0.1) is 0 Å². The van der Waals surface area contributed by atoms with E-state index in [-0.39, 0.29) is 10.5 Å². The van der Waals surface area contributed by atoms with Gasteiger partial charge in [0.2, 0.25) is 0 Å². The molecule has 0 saturated heterocycles. The molecule has 4 rings (SSSR count). The zero-order valence-electron chi connectivity index (χ0n) is 17.7. The number of aromatic nitrogens is 1. The van der Waals surface area contributed by atoms with E-state index < -0.39 is 15.9 Å². The fourth-order valence-electron chi connectivity index (χ4n) is 3.29. The van der Waals surface area contributed by atoms with Crippen molar-refractivity contribution in [1.82, 2.24) is 4.57 Å². The van der Waals surface area contributed by atoms with Gasteiger partial charge in [0.25, 0.3) is 15.9 Å². The molecule has 33 heavy (non-hydrogen) atoms. The Labute approximate surface area is 200 Å². The van der Waals surface area contributed by atoms with Crippen molar-refractivity contribution in [2.24, 2.45) is 4.99 Å². The minimum atomic E-state index is -3.76. The number of halogens is 1. The lowest BCUT2D eigenvalue weighted by atomic mass is 10.2. The van der Waals surface area contributed by atoms with Crippen molar-refractivity contribution in [1.29, 1.82) is 0 Å². The lowest BCUT2D eigenvalue weighted by Crippen LogP contribution is -2.26. The first-order valence-corrected chi connectivity index (χ1v) is 12.6. The molecule has 9 heteroatoms. The smallest absolute Gasteiger partial charge is 0.279 e. The van der Waals surface area contributed by atoms with Crippen LogP contribution in [0.25, 0.3) is 10.2 Å². The van der Waals surface area contributed by atoms with Gasteiger partial charge in [-0.05, 0) is 54.6 Å². The first-order chi connectivity index (χ1) is 15.8. The summed E-state index contributed by atoms with van der Waals surface area (Å²) in [5.74, 6) is -0.467. The summed E-state index contributed by atoms with van der Waals surface area (Å²) < 4.78 is 29.9. The first-order valence-electron chi connectivity index (χ1n) is 9.94. The van der Waals surface area contributed by atoms with Crippen LogP contribution >= 0.6 is 22.9 Å². The molecule has 0 radical (unpaired) electrons. The lowest BCUT2D eigenvalue weighted by Gasteiger charge is -2.19. The van der Waals surface area contributed by atoms with Crippen LogP contribution in [0.5, 0.6) is 0 Å².